The number of nitrogens with zero attached hydrogens (tertiary/aromatic N) is 1. The highest BCUT2D eigenvalue weighted by Crippen LogP contribution is 1.94. The molecule has 0 fully saturated rings. The lowest BCUT2D eigenvalue weighted by molar-refractivity contribution is 0.0953. The van der Waals surface area contributed by atoms with E-state index in [1.54, 1.807) is 24.5 Å². The van der Waals surface area contributed by atoms with Crippen molar-refractivity contribution in [3.8, 4) is 0 Å². The number of carbonyl (C=O) groups is 1. The summed E-state index contributed by atoms with van der Waals surface area (Å²) in [5.41, 5.74) is 5.92. The highest BCUT2D eigenvalue weighted by Gasteiger charge is 2.01. The van der Waals surface area contributed by atoms with Gasteiger partial charge in [-0.25, -0.2) is 0 Å². The summed E-state index contributed by atoms with van der Waals surface area (Å²) in [5, 5.41) is 2.75. The third-order valence-electron chi connectivity index (χ3n) is 1.61. The van der Waals surface area contributed by atoms with Crippen LogP contribution in [-0.4, -0.2) is 24.0 Å². The van der Waals surface area contributed by atoms with Gasteiger partial charge in [-0.05, 0) is 25.1 Å². The molecular formula is C9H13N3O. The summed E-state index contributed by atoms with van der Waals surface area (Å²) < 4.78 is 0. The monoisotopic (exact) mass is 179 g/mol. The van der Waals surface area contributed by atoms with Gasteiger partial charge in [-0.1, -0.05) is 0 Å². The van der Waals surface area contributed by atoms with Crippen molar-refractivity contribution >= 4 is 5.91 Å². The number of hydrogen-bond acceptors (Lipinski definition) is 3. The second-order valence-electron chi connectivity index (χ2n) is 2.63. The van der Waals surface area contributed by atoms with E-state index < -0.39 is 0 Å². The molecule has 1 aromatic rings. The molecule has 4 heteroatoms. The molecule has 0 aromatic carbocycles. The van der Waals surface area contributed by atoms with Gasteiger partial charge in [0.1, 0.15) is 0 Å². The largest absolute Gasteiger partial charge is 0.352 e. The Hall–Kier alpha value is -1.42. The van der Waals surface area contributed by atoms with Crippen LogP contribution < -0.4 is 11.1 Å². The molecule has 1 heterocycles. The number of aromatic nitrogens is 1. The van der Waals surface area contributed by atoms with Gasteiger partial charge in [0.05, 0.1) is 0 Å². The van der Waals surface area contributed by atoms with E-state index in [2.05, 4.69) is 10.3 Å². The van der Waals surface area contributed by atoms with Crippen LogP contribution in [-0.2, 0) is 0 Å². The van der Waals surface area contributed by atoms with Crippen LogP contribution in [0.5, 0.6) is 0 Å². The summed E-state index contributed by atoms with van der Waals surface area (Å²) in [6.07, 6.45) is 3.99. The Morgan fingerprint density at radius 3 is 2.77 bits per heavy atom. The van der Waals surface area contributed by atoms with Crippen LogP contribution in [0.25, 0.3) is 0 Å². The molecule has 1 amide bonds. The fourth-order valence-electron chi connectivity index (χ4n) is 0.909. The van der Waals surface area contributed by atoms with Crippen molar-refractivity contribution in [1.82, 2.24) is 10.3 Å². The van der Waals surface area contributed by atoms with E-state index >= 15 is 0 Å². The van der Waals surface area contributed by atoms with E-state index in [-0.39, 0.29) is 5.91 Å². The van der Waals surface area contributed by atoms with Gasteiger partial charge in [0.15, 0.2) is 0 Å². The van der Waals surface area contributed by atoms with Gasteiger partial charge >= 0.3 is 0 Å². The van der Waals surface area contributed by atoms with E-state index in [1.807, 2.05) is 0 Å². The van der Waals surface area contributed by atoms with Crippen LogP contribution in [0.1, 0.15) is 16.8 Å². The molecule has 1 aromatic heterocycles. The fourth-order valence-corrected chi connectivity index (χ4v) is 0.909. The van der Waals surface area contributed by atoms with E-state index in [0.717, 1.165) is 6.42 Å². The second-order valence-corrected chi connectivity index (χ2v) is 2.63. The average molecular weight is 179 g/mol. The first kappa shape index (κ1) is 9.67. The van der Waals surface area contributed by atoms with Gasteiger partial charge in [-0.15, -0.1) is 0 Å². The Labute approximate surface area is 77.2 Å². The Morgan fingerprint density at radius 2 is 2.15 bits per heavy atom. The molecule has 0 saturated carbocycles. The van der Waals surface area contributed by atoms with Crippen molar-refractivity contribution < 1.29 is 4.79 Å². The number of pyridine rings is 1. The van der Waals surface area contributed by atoms with Crippen LogP contribution in [0.2, 0.25) is 0 Å². The molecule has 0 bridgehead atoms. The predicted octanol–water partition coefficient (Wildman–Crippen LogP) is 0.160. The molecule has 3 N–H and O–H groups in total. The number of amides is 1. The van der Waals surface area contributed by atoms with Crippen molar-refractivity contribution in [3.05, 3.63) is 30.1 Å². The lowest BCUT2D eigenvalue weighted by Gasteiger charge is -2.02. The molecule has 0 atom stereocenters. The third kappa shape index (κ3) is 3.21. The Bertz CT molecular complexity index is 261. The Morgan fingerprint density at radius 1 is 1.46 bits per heavy atom. The number of carbonyl (C=O) groups excluding carboxylic acids is 1. The molecule has 70 valence electrons. The van der Waals surface area contributed by atoms with Gasteiger partial charge in [0.2, 0.25) is 0 Å². The van der Waals surface area contributed by atoms with Gasteiger partial charge in [0.25, 0.3) is 5.91 Å². The molecule has 0 aliphatic rings. The molecular weight excluding hydrogens is 166 g/mol. The van der Waals surface area contributed by atoms with Crippen LogP contribution in [0, 0.1) is 0 Å². The lowest BCUT2D eigenvalue weighted by atomic mass is 10.2. The van der Waals surface area contributed by atoms with Crippen molar-refractivity contribution in [3.63, 3.8) is 0 Å². The molecule has 0 spiro atoms. The number of nitrogens with two attached hydrogens (primary N) is 1. The first-order valence-corrected chi connectivity index (χ1v) is 4.23. The van der Waals surface area contributed by atoms with Crippen LogP contribution in [0.4, 0.5) is 0 Å². The van der Waals surface area contributed by atoms with E-state index in [1.165, 1.54) is 0 Å². The van der Waals surface area contributed by atoms with Crippen LogP contribution in [0.3, 0.4) is 0 Å². The van der Waals surface area contributed by atoms with Crippen molar-refractivity contribution in [1.29, 1.82) is 0 Å². The highest BCUT2D eigenvalue weighted by atomic mass is 16.1. The second kappa shape index (κ2) is 5.27. The summed E-state index contributed by atoms with van der Waals surface area (Å²) in [6, 6.07) is 3.36. The third-order valence-corrected chi connectivity index (χ3v) is 1.61. The SMILES string of the molecule is NCCCNC(=O)c1ccncc1. The summed E-state index contributed by atoms with van der Waals surface area (Å²) >= 11 is 0. The summed E-state index contributed by atoms with van der Waals surface area (Å²) in [7, 11) is 0. The maximum atomic E-state index is 11.3. The lowest BCUT2D eigenvalue weighted by Crippen LogP contribution is -2.25. The molecule has 13 heavy (non-hydrogen) atoms. The predicted molar refractivity (Wildman–Crippen MR) is 50.2 cm³/mol. The zero-order chi connectivity index (χ0) is 9.52. The minimum atomic E-state index is -0.0733. The average Bonchev–Trinajstić information content (AvgIpc) is 2.19. The van der Waals surface area contributed by atoms with Crippen LogP contribution in [0.15, 0.2) is 24.5 Å². The first-order chi connectivity index (χ1) is 6.34. The van der Waals surface area contributed by atoms with Crippen molar-refractivity contribution in [2.24, 2.45) is 5.73 Å². The van der Waals surface area contributed by atoms with Gasteiger partial charge in [0, 0.05) is 24.5 Å². The number of hydrogen-bond donors (Lipinski definition) is 2. The maximum absolute atomic E-state index is 11.3. The fraction of sp³-hybridized carbons (Fsp3) is 0.333. The normalized spacial score (nSPS) is 9.62. The molecule has 0 aliphatic heterocycles. The van der Waals surface area contributed by atoms with E-state index in [9.17, 15) is 4.79 Å². The Balaban J connectivity index is 2.40. The van der Waals surface area contributed by atoms with Crippen LogP contribution >= 0.6 is 0 Å². The molecule has 4 nitrogen and oxygen atoms in total. The minimum Gasteiger partial charge on any atom is -0.352 e. The Kier molecular flexibility index (Phi) is 3.92. The summed E-state index contributed by atoms with van der Waals surface area (Å²) in [5.74, 6) is -0.0733. The molecule has 1 rings (SSSR count). The smallest absolute Gasteiger partial charge is 0.251 e. The first-order valence-electron chi connectivity index (χ1n) is 4.23. The molecule has 0 aliphatic carbocycles. The van der Waals surface area contributed by atoms with E-state index in [4.69, 9.17) is 5.73 Å². The topological polar surface area (TPSA) is 68.0 Å². The molecule has 0 saturated heterocycles. The van der Waals surface area contributed by atoms with E-state index in [0.29, 0.717) is 18.7 Å². The van der Waals surface area contributed by atoms with Gasteiger partial charge in [-0.3, -0.25) is 9.78 Å². The number of nitrogens with one attached hydrogen (secondary N) is 1. The van der Waals surface area contributed by atoms with Crippen molar-refractivity contribution in [2.75, 3.05) is 13.1 Å². The van der Waals surface area contributed by atoms with Gasteiger partial charge < -0.3 is 11.1 Å². The molecule has 0 radical (unpaired) electrons. The molecule has 0 unspecified atom stereocenters. The zero-order valence-corrected chi connectivity index (χ0v) is 7.36. The minimum absolute atomic E-state index is 0.0733. The standard InChI is InChI=1S/C9H13N3O/c10-4-1-5-12-9(13)8-2-6-11-7-3-8/h2-3,6-7H,1,4-5,10H2,(H,12,13). The summed E-state index contributed by atoms with van der Waals surface area (Å²) in [6.45, 7) is 1.22. The summed E-state index contributed by atoms with van der Waals surface area (Å²) in [4.78, 5) is 15.2. The maximum Gasteiger partial charge on any atom is 0.251 e. The number of rotatable bonds is 4. The zero-order valence-electron chi connectivity index (χ0n) is 7.36. The van der Waals surface area contributed by atoms with Crippen molar-refractivity contribution in [2.45, 2.75) is 6.42 Å². The van der Waals surface area contributed by atoms with Gasteiger partial charge in [-0.2, -0.15) is 0 Å². The quantitative estimate of drug-likeness (QED) is 0.647. The highest BCUT2D eigenvalue weighted by molar-refractivity contribution is 5.93.